The fourth-order valence-corrected chi connectivity index (χ4v) is 2.87. The minimum atomic E-state index is -1.47. The molecule has 2 aromatic carbocycles. The van der Waals surface area contributed by atoms with E-state index < -0.39 is 29.1 Å². The Hall–Kier alpha value is -3.25. The molecule has 0 saturated carbocycles. The molecule has 0 spiro atoms. The van der Waals surface area contributed by atoms with Gasteiger partial charge in [-0.3, -0.25) is 19.0 Å². The number of rotatable bonds is 6. The summed E-state index contributed by atoms with van der Waals surface area (Å²) in [5, 5.41) is 2.87. The summed E-state index contributed by atoms with van der Waals surface area (Å²) in [4.78, 5) is 38.1. The van der Waals surface area contributed by atoms with Crippen molar-refractivity contribution >= 4 is 23.3 Å². The molecule has 1 heterocycles. The van der Waals surface area contributed by atoms with Gasteiger partial charge >= 0.3 is 0 Å². The average Bonchev–Trinajstić information content (AvgIpc) is 2.70. The number of hydrogen-bond donors (Lipinski definition) is 1. The Bertz CT molecular complexity index is 1050. The van der Waals surface area contributed by atoms with E-state index in [4.69, 9.17) is 11.6 Å². The number of halogens is 2. The summed E-state index contributed by atoms with van der Waals surface area (Å²) in [6, 6.07) is 15.0. The van der Waals surface area contributed by atoms with Crippen LogP contribution in [0.15, 0.2) is 77.7 Å². The minimum absolute atomic E-state index is 0.105. The second kappa shape index (κ2) is 8.63. The number of hydrogen-bond acceptors (Lipinski definition) is 3. The predicted octanol–water partition coefficient (Wildman–Crippen LogP) is 3.38. The van der Waals surface area contributed by atoms with Crippen LogP contribution in [-0.2, 0) is 11.3 Å². The molecule has 28 heavy (non-hydrogen) atoms. The second-order valence-corrected chi connectivity index (χ2v) is 6.51. The lowest BCUT2D eigenvalue weighted by Crippen LogP contribution is -2.41. The Kier molecular flexibility index (Phi) is 6.01. The molecule has 7 heteroatoms. The van der Waals surface area contributed by atoms with E-state index >= 15 is 0 Å². The molecule has 3 rings (SSSR count). The maximum absolute atomic E-state index is 13.2. The van der Waals surface area contributed by atoms with E-state index in [2.05, 4.69) is 5.32 Å². The molecule has 5 nitrogen and oxygen atoms in total. The van der Waals surface area contributed by atoms with Crippen LogP contribution in [0.2, 0.25) is 5.02 Å². The van der Waals surface area contributed by atoms with Crippen molar-refractivity contribution in [2.24, 2.45) is 0 Å². The molecule has 142 valence electrons. The van der Waals surface area contributed by atoms with Crippen molar-refractivity contribution in [2.45, 2.75) is 12.6 Å². The highest BCUT2D eigenvalue weighted by Gasteiger charge is 2.30. The van der Waals surface area contributed by atoms with Gasteiger partial charge in [-0.2, -0.15) is 0 Å². The van der Waals surface area contributed by atoms with Crippen LogP contribution in [0, 0.1) is 5.82 Å². The van der Waals surface area contributed by atoms with Gasteiger partial charge in [0.1, 0.15) is 5.82 Å². The van der Waals surface area contributed by atoms with Crippen LogP contribution >= 0.6 is 11.6 Å². The lowest BCUT2D eigenvalue weighted by atomic mass is 10.0. The topological polar surface area (TPSA) is 68.2 Å². The highest BCUT2D eigenvalue weighted by atomic mass is 35.5. The number of Topliss-reactive ketones (excluding diaryl/α,β-unsaturated/α-hetero) is 1. The van der Waals surface area contributed by atoms with Gasteiger partial charge in [0.15, 0.2) is 11.8 Å². The first kappa shape index (κ1) is 19.5. The highest BCUT2D eigenvalue weighted by molar-refractivity contribution is 6.30. The zero-order valence-corrected chi connectivity index (χ0v) is 15.4. The predicted molar refractivity (Wildman–Crippen MR) is 104 cm³/mol. The number of carbonyl (C=O) groups excluding carboxylic acids is 2. The first-order chi connectivity index (χ1) is 13.5. The number of nitrogens with zero attached hydrogens (tertiary/aromatic N) is 1. The third-order valence-corrected chi connectivity index (χ3v) is 4.34. The zero-order valence-electron chi connectivity index (χ0n) is 14.6. The largest absolute Gasteiger partial charge is 0.350 e. The maximum Gasteiger partial charge on any atom is 0.251 e. The number of nitrogens with one attached hydrogen (secondary N) is 1. The summed E-state index contributed by atoms with van der Waals surface area (Å²) in [6.45, 7) is 0.183. The van der Waals surface area contributed by atoms with Crippen molar-refractivity contribution in [2.75, 3.05) is 0 Å². The van der Waals surface area contributed by atoms with Crippen LogP contribution < -0.4 is 10.9 Å². The summed E-state index contributed by atoms with van der Waals surface area (Å²) in [7, 11) is 0. The number of benzene rings is 2. The van der Waals surface area contributed by atoms with E-state index in [1.54, 1.807) is 0 Å². The molecule has 3 aromatic rings. The molecular formula is C21H16ClFN2O3. The van der Waals surface area contributed by atoms with Gasteiger partial charge < -0.3 is 5.32 Å². The molecule has 1 atom stereocenters. The van der Waals surface area contributed by atoms with E-state index in [0.717, 1.165) is 22.3 Å². The van der Waals surface area contributed by atoms with Crippen molar-refractivity contribution in [1.29, 1.82) is 0 Å². The van der Waals surface area contributed by atoms with Crippen LogP contribution in [0.5, 0.6) is 0 Å². The Labute approximate surface area is 165 Å². The molecular weight excluding hydrogens is 383 g/mol. The van der Waals surface area contributed by atoms with Crippen LogP contribution in [0.4, 0.5) is 4.39 Å². The Balaban J connectivity index is 1.95. The molecule has 1 unspecified atom stereocenters. The van der Waals surface area contributed by atoms with Crippen LogP contribution in [-0.4, -0.2) is 16.3 Å². The average molecular weight is 399 g/mol. The lowest BCUT2D eigenvalue weighted by Gasteiger charge is -2.19. The third-order valence-electron chi connectivity index (χ3n) is 4.12. The second-order valence-electron chi connectivity index (χ2n) is 6.07. The van der Waals surface area contributed by atoms with E-state index in [1.165, 1.54) is 30.5 Å². The summed E-state index contributed by atoms with van der Waals surface area (Å²) >= 11 is 5.96. The van der Waals surface area contributed by atoms with Gasteiger partial charge in [-0.25, -0.2) is 4.39 Å². The lowest BCUT2D eigenvalue weighted by molar-refractivity contribution is -0.123. The Morgan fingerprint density at radius 1 is 1.00 bits per heavy atom. The van der Waals surface area contributed by atoms with Gasteiger partial charge in [-0.15, -0.1) is 0 Å². The molecule has 0 fully saturated rings. The smallest absolute Gasteiger partial charge is 0.251 e. The van der Waals surface area contributed by atoms with Crippen LogP contribution in [0.3, 0.4) is 0 Å². The highest BCUT2D eigenvalue weighted by Crippen LogP contribution is 2.17. The maximum atomic E-state index is 13.2. The quantitative estimate of drug-likeness (QED) is 0.511. The molecule has 1 aromatic heterocycles. The van der Waals surface area contributed by atoms with Gasteiger partial charge in [-0.1, -0.05) is 41.9 Å². The standard InChI is InChI=1S/C21H16ClFN2O3/c22-16-8-11-18(26)25(13-16)19(20(27)15-6-9-17(23)10-7-15)21(28)24-12-14-4-2-1-3-5-14/h1-11,13,19H,12H2,(H,24,28). The van der Waals surface area contributed by atoms with Gasteiger partial charge in [0.2, 0.25) is 0 Å². The normalized spacial score (nSPS) is 11.6. The fraction of sp³-hybridized carbons (Fsp3) is 0.0952. The number of amides is 1. The molecule has 1 N–H and O–H groups in total. The Morgan fingerprint density at radius 2 is 1.68 bits per heavy atom. The van der Waals surface area contributed by atoms with E-state index in [0.29, 0.717) is 0 Å². The van der Waals surface area contributed by atoms with Crippen LogP contribution in [0.25, 0.3) is 0 Å². The SMILES string of the molecule is O=C(NCc1ccccc1)C(C(=O)c1ccc(F)cc1)n1cc(Cl)ccc1=O. The minimum Gasteiger partial charge on any atom is -0.350 e. The van der Waals surface area contributed by atoms with Gasteiger partial charge in [-0.05, 0) is 35.9 Å². The van der Waals surface area contributed by atoms with Crippen molar-refractivity contribution in [3.05, 3.63) is 105 Å². The molecule has 1 amide bonds. The van der Waals surface area contributed by atoms with Crippen molar-refractivity contribution in [3.63, 3.8) is 0 Å². The van der Waals surface area contributed by atoms with E-state index in [9.17, 15) is 18.8 Å². The van der Waals surface area contributed by atoms with Gasteiger partial charge in [0, 0.05) is 24.4 Å². The number of carbonyl (C=O) groups is 2. The number of aromatic nitrogens is 1. The van der Waals surface area contributed by atoms with Gasteiger partial charge in [0.25, 0.3) is 11.5 Å². The zero-order chi connectivity index (χ0) is 20.1. The van der Waals surface area contributed by atoms with Gasteiger partial charge in [0.05, 0.1) is 5.02 Å². The van der Waals surface area contributed by atoms with Crippen molar-refractivity contribution in [1.82, 2.24) is 9.88 Å². The van der Waals surface area contributed by atoms with E-state index in [1.807, 2.05) is 30.3 Å². The first-order valence-electron chi connectivity index (χ1n) is 8.45. The monoisotopic (exact) mass is 398 g/mol. The molecule has 0 aliphatic heterocycles. The van der Waals surface area contributed by atoms with Crippen molar-refractivity contribution < 1.29 is 14.0 Å². The van der Waals surface area contributed by atoms with E-state index in [-0.39, 0.29) is 17.1 Å². The number of pyridine rings is 1. The molecule has 0 radical (unpaired) electrons. The fourth-order valence-electron chi connectivity index (χ4n) is 2.70. The number of ketones is 1. The molecule has 0 aliphatic carbocycles. The Morgan fingerprint density at radius 3 is 2.36 bits per heavy atom. The summed E-state index contributed by atoms with van der Waals surface area (Å²) in [5.41, 5.74) is 0.384. The van der Waals surface area contributed by atoms with Crippen LogP contribution in [0.1, 0.15) is 22.0 Å². The molecule has 0 bridgehead atoms. The molecule has 0 aliphatic rings. The summed E-state index contributed by atoms with van der Waals surface area (Å²) in [5.74, 6) is -1.82. The summed E-state index contributed by atoms with van der Waals surface area (Å²) < 4.78 is 14.2. The van der Waals surface area contributed by atoms with Crippen molar-refractivity contribution in [3.8, 4) is 0 Å². The third kappa shape index (κ3) is 4.53. The first-order valence-corrected chi connectivity index (χ1v) is 8.82. The molecule has 0 saturated heterocycles. The summed E-state index contributed by atoms with van der Waals surface area (Å²) in [6.07, 6.45) is 1.23.